The number of benzene rings is 2. The lowest BCUT2D eigenvalue weighted by Gasteiger charge is -2.35. The van der Waals surface area contributed by atoms with Crippen molar-refractivity contribution in [3.63, 3.8) is 0 Å². The molecule has 0 aliphatic carbocycles. The van der Waals surface area contributed by atoms with E-state index in [2.05, 4.69) is 30.1 Å². The normalized spacial score (nSPS) is 15.5. The van der Waals surface area contributed by atoms with Gasteiger partial charge in [0, 0.05) is 5.56 Å². The van der Waals surface area contributed by atoms with Crippen molar-refractivity contribution >= 4 is 15.9 Å². The van der Waals surface area contributed by atoms with E-state index in [1.807, 2.05) is 20.8 Å². The third-order valence-electron chi connectivity index (χ3n) is 5.91. The van der Waals surface area contributed by atoms with Crippen LogP contribution in [0.4, 0.5) is 0 Å². The highest BCUT2D eigenvalue weighted by Crippen LogP contribution is 2.42. The second kappa shape index (κ2) is 8.98. The minimum Gasteiger partial charge on any atom is -0.497 e. The van der Waals surface area contributed by atoms with Gasteiger partial charge in [0.15, 0.2) is 0 Å². The van der Waals surface area contributed by atoms with Crippen LogP contribution < -0.4 is 14.2 Å². The summed E-state index contributed by atoms with van der Waals surface area (Å²) in [7, 11) is -2.32. The number of ether oxygens (including phenoxy) is 2. The Hall–Kier alpha value is -2.80. The Morgan fingerprint density at radius 3 is 2.44 bits per heavy atom. The number of nitrogens with one attached hydrogen (secondary N) is 1. The van der Waals surface area contributed by atoms with E-state index in [-0.39, 0.29) is 22.9 Å². The Labute approximate surface area is 191 Å². The maximum Gasteiger partial charge on any atom is 0.263 e. The molecule has 0 radical (unpaired) electrons. The fourth-order valence-electron chi connectivity index (χ4n) is 4.02. The molecule has 3 rings (SSSR count). The van der Waals surface area contributed by atoms with Crippen LogP contribution in [0.5, 0.6) is 11.5 Å². The van der Waals surface area contributed by atoms with Gasteiger partial charge in [0.2, 0.25) is 0 Å². The van der Waals surface area contributed by atoms with Crippen LogP contribution in [-0.4, -0.2) is 33.5 Å². The summed E-state index contributed by atoms with van der Waals surface area (Å²) in [5.41, 5.74) is 3.60. The largest absolute Gasteiger partial charge is 0.497 e. The number of fused-ring (bicyclic) bond motifs is 1. The first-order chi connectivity index (χ1) is 15.0. The highest BCUT2D eigenvalue weighted by Gasteiger charge is 2.33. The minimum atomic E-state index is -3.90. The zero-order valence-corrected chi connectivity index (χ0v) is 20.5. The van der Waals surface area contributed by atoms with Crippen molar-refractivity contribution in [1.82, 2.24) is 4.72 Å². The highest BCUT2D eigenvalue weighted by atomic mass is 32.2. The van der Waals surface area contributed by atoms with E-state index in [4.69, 9.17) is 9.47 Å². The van der Waals surface area contributed by atoms with Crippen molar-refractivity contribution in [3.05, 3.63) is 64.7 Å². The van der Waals surface area contributed by atoms with E-state index >= 15 is 0 Å². The molecule has 6 nitrogen and oxygen atoms in total. The van der Waals surface area contributed by atoms with Crippen LogP contribution in [0.3, 0.4) is 0 Å². The smallest absolute Gasteiger partial charge is 0.263 e. The maximum absolute atomic E-state index is 13.6. The van der Waals surface area contributed by atoms with Gasteiger partial charge in [0.05, 0.1) is 18.6 Å². The molecular formula is C25H32N2O4S. The van der Waals surface area contributed by atoms with E-state index in [1.54, 1.807) is 37.5 Å². The molecule has 0 atom stereocenters. The van der Waals surface area contributed by atoms with Gasteiger partial charge in [0.1, 0.15) is 22.9 Å². The molecule has 0 saturated carbocycles. The number of hydrogen-bond acceptors (Lipinski definition) is 5. The first-order valence-corrected chi connectivity index (χ1v) is 12.1. The number of sulfonamides is 1. The van der Waals surface area contributed by atoms with Gasteiger partial charge < -0.3 is 9.47 Å². The predicted octanol–water partition coefficient (Wildman–Crippen LogP) is 4.64. The van der Waals surface area contributed by atoms with E-state index in [1.165, 1.54) is 0 Å². The topological polar surface area (TPSA) is 77.0 Å². The van der Waals surface area contributed by atoms with Gasteiger partial charge in [0.25, 0.3) is 10.0 Å². The molecule has 0 unspecified atom stereocenters. The predicted molar refractivity (Wildman–Crippen MR) is 129 cm³/mol. The van der Waals surface area contributed by atoms with Gasteiger partial charge >= 0.3 is 0 Å². The number of aliphatic imine (C=N–C) groups is 1. The van der Waals surface area contributed by atoms with Crippen LogP contribution >= 0.6 is 0 Å². The summed E-state index contributed by atoms with van der Waals surface area (Å²) >= 11 is 0. The molecule has 7 heteroatoms. The van der Waals surface area contributed by atoms with Crippen LogP contribution in [0.2, 0.25) is 0 Å². The molecule has 2 aromatic carbocycles. The van der Waals surface area contributed by atoms with E-state index in [0.717, 1.165) is 35.3 Å². The molecule has 2 aromatic rings. The number of methoxy groups -OCH3 is 1. The lowest BCUT2D eigenvalue weighted by Crippen LogP contribution is -2.35. The number of hydrogen-bond donors (Lipinski definition) is 1. The molecule has 1 aliphatic heterocycles. The molecule has 0 fully saturated rings. The third kappa shape index (κ3) is 4.67. The fourth-order valence-corrected chi connectivity index (χ4v) is 5.64. The lowest BCUT2D eigenvalue weighted by molar-refractivity contribution is 0.0832. The van der Waals surface area contributed by atoms with Gasteiger partial charge in [-0.15, -0.1) is 6.58 Å². The Bertz CT molecular complexity index is 1160. The molecule has 1 aliphatic rings. The molecule has 172 valence electrons. The average Bonchev–Trinajstić information content (AvgIpc) is 2.74. The molecule has 0 amide bonds. The van der Waals surface area contributed by atoms with E-state index in [9.17, 15) is 8.42 Å². The number of nitrogens with zero attached hydrogens (tertiary/aromatic N) is 1. The first kappa shape index (κ1) is 23.9. The van der Waals surface area contributed by atoms with Gasteiger partial charge in [-0.2, -0.15) is 0 Å². The van der Waals surface area contributed by atoms with Crippen molar-refractivity contribution in [2.45, 2.75) is 58.0 Å². The summed E-state index contributed by atoms with van der Waals surface area (Å²) in [6.45, 7) is 13.7. The second-order valence-electron chi connectivity index (χ2n) is 8.69. The number of rotatable bonds is 6. The molecule has 0 aromatic heterocycles. The van der Waals surface area contributed by atoms with Crippen molar-refractivity contribution in [3.8, 4) is 11.5 Å². The summed E-state index contributed by atoms with van der Waals surface area (Å²) in [5, 5.41) is 0. The summed E-state index contributed by atoms with van der Waals surface area (Å²) in [6.07, 6.45) is 3.22. The average molecular weight is 457 g/mol. The van der Waals surface area contributed by atoms with Gasteiger partial charge in [-0.05, 0) is 94.0 Å². The summed E-state index contributed by atoms with van der Waals surface area (Å²) in [4.78, 5) is 4.70. The molecule has 1 heterocycles. The van der Waals surface area contributed by atoms with Crippen LogP contribution in [0.25, 0.3) is 0 Å². The molecule has 0 bridgehead atoms. The molecule has 32 heavy (non-hydrogen) atoms. The van der Waals surface area contributed by atoms with Crippen LogP contribution in [-0.2, 0) is 16.4 Å². The van der Waals surface area contributed by atoms with Gasteiger partial charge in [-0.1, -0.05) is 6.08 Å². The molecule has 1 N–H and O–H groups in total. The zero-order chi connectivity index (χ0) is 23.7. The van der Waals surface area contributed by atoms with Crippen LogP contribution in [0, 0.1) is 20.8 Å². The Balaban J connectivity index is 2.08. The number of amidine groups is 1. The third-order valence-corrected chi connectivity index (χ3v) is 7.52. The highest BCUT2D eigenvalue weighted by molar-refractivity contribution is 7.90. The monoisotopic (exact) mass is 456 g/mol. The fraction of sp³-hybridized carbons (Fsp3) is 0.400. The Morgan fingerprint density at radius 1 is 1.19 bits per heavy atom. The standard InChI is InChI=1S/C25H32N2O4S/c1-8-15-26-24(19-9-11-20(30-7)12-10-19)27-32(28,29)23-17(3)16(2)22-21(18(23)4)13-14-25(5,6)31-22/h8-12H,1,13-15H2,2-7H3,(H,26,27). The van der Waals surface area contributed by atoms with E-state index < -0.39 is 10.0 Å². The van der Waals surface area contributed by atoms with Crippen molar-refractivity contribution in [2.75, 3.05) is 13.7 Å². The second-order valence-corrected chi connectivity index (χ2v) is 10.3. The zero-order valence-electron chi connectivity index (χ0n) is 19.7. The summed E-state index contributed by atoms with van der Waals surface area (Å²) in [6, 6.07) is 7.09. The lowest BCUT2D eigenvalue weighted by atomic mass is 9.88. The molecule has 0 spiro atoms. The van der Waals surface area contributed by atoms with Crippen LogP contribution in [0.15, 0.2) is 46.8 Å². The summed E-state index contributed by atoms with van der Waals surface area (Å²) in [5.74, 6) is 1.75. The SMILES string of the molecule is C=CCN=C(NS(=O)(=O)c1c(C)c(C)c2c(c1C)CCC(C)(C)O2)c1ccc(OC)cc1. The Morgan fingerprint density at radius 2 is 1.84 bits per heavy atom. The van der Waals surface area contributed by atoms with Crippen molar-refractivity contribution in [2.24, 2.45) is 4.99 Å². The molecular weight excluding hydrogens is 424 g/mol. The van der Waals surface area contributed by atoms with Gasteiger partial charge in [-0.3, -0.25) is 9.71 Å². The van der Waals surface area contributed by atoms with Crippen molar-refractivity contribution < 1.29 is 17.9 Å². The summed E-state index contributed by atoms with van der Waals surface area (Å²) < 4.78 is 41.4. The van der Waals surface area contributed by atoms with Crippen LogP contribution in [0.1, 0.15) is 48.1 Å². The molecule has 0 saturated heterocycles. The maximum atomic E-state index is 13.6. The minimum absolute atomic E-state index is 0.263. The van der Waals surface area contributed by atoms with Crippen molar-refractivity contribution in [1.29, 1.82) is 0 Å². The first-order valence-electron chi connectivity index (χ1n) is 10.6. The van der Waals surface area contributed by atoms with Gasteiger partial charge in [-0.25, -0.2) is 8.42 Å². The van der Waals surface area contributed by atoms with E-state index in [0.29, 0.717) is 16.9 Å². The quantitative estimate of drug-likeness (QED) is 0.390. The Kier molecular flexibility index (Phi) is 6.69.